The Bertz CT molecular complexity index is 866. The molecule has 1 N–H and O–H groups in total. The van der Waals surface area contributed by atoms with Crippen LogP contribution in [-0.4, -0.2) is 40.8 Å². The molecule has 10 heteroatoms. The van der Waals surface area contributed by atoms with Gasteiger partial charge in [0, 0.05) is 26.1 Å². The van der Waals surface area contributed by atoms with Gasteiger partial charge in [-0.2, -0.15) is 13.2 Å². The molecule has 7 nitrogen and oxygen atoms in total. The lowest BCUT2D eigenvalue weighted by Crippen LogP contribution is -2.37. The number of benzene rings is 1. The number of amides is 2. The van der Waals surface area contributed by atoms with Crippen LogP contribution in [0.5, 0.6) is 5.75 Å². The fraction of sp³-hybridized carbons (Fsp3) is 0.389. The summed E-state index contributed by atoms with van der Waals surface area (Å²) in [6, 6.07) is 4.34. The number of ether oxygens (including phenoxy) is 1. The number of rotatable bonds is 5. The predicted octanol–water partition coefficient (Wildman–Crippen LogP) is 2.62. The Kier molecular flexibility index (Phi) is 5.57. The van der Waals surface area contributed by atoms with E-state index in [1.54, 1.807) is 4.90 Å². The third-order valence-electron chi connectivity index (χ3n) is 4.18. The van der Waals surface area contributed by atoms with Crippen molar-refractivity contribution in [1.29, 1.82) is 0 Å². The van der Waals surface area contributed by atoms with E-state index in [9.17, 15) is 22.8 Å². The van der Waals surface area contributed by atoms with Crippen LogP contribution in [0.25, 0.3) is 0 Å². The molecule has 0 unspecified atom stereocenters. The van der Waals surface area contributed by atoms with E-state index >= 15 is 0 Å². The second-order valence-electron chi connectivity index (χ2n) is 6.38. The lowest BCUT2D eigenvalue weighted by Gasteiger charge is -2.15. The molecule has 0 bridgehead atoms. The van der Waals surface area contributed by atoms with E-state index in [1.165, 1.54) is 25.3 Å². The summed E-state index contributed by atoms with van der Waals surface area (Å²) in [4.78, 5) is 29.1. The van der Waals surface area contributed by atoms with Crippen LogP contribution in [0.2, 0.25) is 0 Å². The van der Waals surface area contributed by atoms with Gasteiger partial charge in [0.25, 0.3) is 5.91 Å². The van der Waals surface area contributed by atoms with Crippen molar-refractivity contribution in [1.82, 2.24) is 15.2 Å². The molecule has 150 valence electrons. The maximum atomic E-state index is 12.7. The van der Waals surface area contributed by atoms with Crippen LogP contribution >= 0.6 is 0 Å². The van der Waals surface area contributed by atoms with Gasteiger partial charge in [0.2, 0.25) is 11.8 Å². The number of hydrogen-bond acceptors (Lipinski definition) is 5. The highest BCUT2D eigenvalue weighted by atomic mass is 19.4. The Hall–Kier alpha value is -3.04. The molecule has 0 radical (unpaired) electrons. The van der Waals surface area contributed by atoms with E-state index in [0.717, 1.165) is 12.1 Å². The summed E-state index contributed by atoms with van der Waals surface area (Å²) in [7, 11) is 0. The number of oxazole rings is 1. The SMILES string of the molecule is CC(=O)N[C@@H]1CCN(C(=O)c2coc(COc3cccc(C(F)(F)F)c3)n2)C1. The number of halogens is 3. The second kappa shape index (κ2) is 7.91. The monoisotopic (exact) mass is 397 g/mol. The van der Waals surface area contributed by atoms with Gasteiger partial charge < -0.3 is 19.4 Å². The second-order valence-corrected chi connectivity index (χ2v) is 6.38. The first-order chi connectivity index (χ1) is 13.2. The van der Waals surface area contributed by atoms with E-state index in [2.05, 4.69) is 10.3 Å². The molecule has 1 saturated heterocycles. The van der Waals surface area contributed by atoms with Gasteiger partial charge in [-0.25, -0.2) is 4.98 Å². The zero-order valence-corrected chi connectivity index (χ0v) is 15.0. The third kappa shape index (κ3) is 4.81. The van der Waals surface area contributed by atoms with Crippen molar-refractivity contribution in [3.05, 3.63) is 47.7 Å². The van der Waals surface area contributed by atoms with Crippen LogP contribution in [0.3, 0.4) is 0 Å². The maximum absolute atomic E-state index is 12.7. The first-order valence-corrected chi connectivity index (χ1v) is 8.53. The molecular weight excluding hydrogens is 379 g/mol. The lowest BCUT2D eigenvalue weighted by atomic mass is 10.2. The molecule has 0 saturated carbocycles. The van der Waals surface area contributed by atoms with Crippen molar-refractivity contribution < 1.29 is 31.9 Å². The van der Waals surface area contributed by atoms with Gasteiger partial charge in [-0.3, -0.25) is 9.59 Å². The number of hydrogen-bond donors (Lipinski definition) is 1. The first kappa shape index (κ1) is 19.7. The number of nitrogens with one attached hydrogen (secondary N) is 1. The molecule has 3 rings (SSSR count). The molecule has 1 aliphatic heterocycles. The zero-order chi connectivity index (χ0) is 20.3. The highest BCUT2D eigenvalue weighted by molar-refractivity contribution is 5.92. The highest BCUT2D eigenvalue weighted by Gasteiger charge is 2.31. The number of aromatic nitrogens is 1. The fourth-order valence-corrected chi connectivity index (χ4v) is 2.89. The average Bonchev–Trinajstić information content (AvgIpc) is 3.28. The van der Waals surface area contributed by atoms with Gasteiger partial charge in [0.1, 0.15) is 12.0 Å². The van der Waals surface area contributed by atoms with Gasteiger partial charge in [0.15, 0.2) is 12.3 Å². The van der Waals surface area contributed by atoms with Gasteiger partial charge in [-0.1, -0.05) is 6.07 Å². The van der Waals surface area contributed by atoms with Crippen molar-refractivity contribution >= 4 is 11.8 Å². The lowest BCUT2D eigenvalue weighted by molar-refractivity contribution is -0.137. The maximum Gasteiger partial charge on any atom is 0.416 e. The number of carbonyl (C=O) groups is 2. The number of likely N-dealkylation sites (tertiary alicyclic amines) is 1. The summed E-state index contributed by atoms with van der Waals surface area (Å²) in [6.07, 6.45) is -2.64. The molecule has 1 aromatic carbocycles. The van der Waals surface area contributed by atoms with Crippen LogP contribution < -0.4 is 10.1 Å². The van der Waals surface area contributed by atoms with Crippen LogP contribution in [0.15, 0.2) is 34.9 Å². The van der Waals surface area contributed by atoms with E-state index in [-0.39, 0.29) is 41.8 Å². The summed E-state index contributed by atoms with van der Waals surface area (Å²) in [5.74, 6) is -0.423. The number of carbonyl (C=O) groups excluding carboxylic acids is 2. The summed E-state index contributed by atoms with van der Waals surface area (Å²) in [5.41, 5.74) is -0.748. The Morgan fingerprint density at radius 1 is 1.39 bits per heavy atom. The van der Waals surface area contributed by atoms with Crippen LogP contribution in [0.4, 0.5) is 13.2 Å². The molecule has 2 amide bonds. The third-order valence-corrected chi connectivity index (χ3v) is 4.18. The Morgan fingerprint density at radius 2 is 2.18 bits per heavy atom. The largest absolute Gasteiger partial charge is 0.484 e. The van der Waals surface area contributed by atoms with Crippen molar-refractivity contribution in [3.63, 3.8) is 0 Å². The molecule has 1 fully saturated rings. The van der Waals surface area contributed by atoms with Gasteiger partial charge in [-0.15, -0.1) is 0 Å². The minimum Gasteiger partial charge on any atom is -0.484 e. The predicted molar refractivity (Wildman–Crippen MR) is 90.4 cm³/mol. The molecule has 0 spiro atoms. The molecule has 1 aromatic heterocycles. The van der Waals surface area contributed by atoms with Crippen LogP contribution in [-0.2, 0) is 17.6 Å². The molecule has 1 atom stereocenters. The van der Waals surface area contributed by atoms with Crippen LogP contribution in [0, 0.1) is 0 Å². The van der Waals surface area contributed by atoms with E-state index in [4.69, 9.17) is 9.15 Å². The molecular formula is C18H18F3N3O4. The van der Waals surface area contributed by atoms with E-state index < -0.39 is 11.7 Å². The summed E-state index contributed by atoms with van der Waals surface area (Å²) in [5, 5.41) is 2.76. The number of nitrogens with zero attached hydrogens (tertiary/aromatic N) is 2. The summed E-state index contributed by atoms with van der Waals surface area (Å²) in [6.45, 7) is 2.05. The molecule has 0 aliphatic carbocycles. The van der Waals surface area contributed by atoms with Crippen molar-refractivity contribution in [3.8, 4) is 5.75 Å². The quantitative estimate of drug-likeness (QED) is 0.839. The summed E-state index contributed by atoms with van der Waals surface area (Å²) < 4.78 is 48.6. The molecule has 1 aliphatic rings. The van der Waals surface area contributed by atoms with Gasteiger partial charge >= 0.3 is 6.18 Å². The fourth-order valence-electron chi connectivity index (χ4n) is 2.89. The minimum absolute atomic E-state index is 0.0126. The number of alkyl halides is 3. The highest BCUT2D eigenvalue weighted by Crippen LogP contribution is 2.31. The van der Waals surface area contributed by atoms with Gasteiger partial charge in [-0.05, 0) is 24.6 Å². The van der Waals surface area contributed by atoms with Gasteiger partial charge in [0.05, 0.1) is 5.56 Å². The average molecular weight is 397 g/mol. The Labute approximate surface area is 158 Å². The smallest absolute Gasteiger partial charge is 0.416 e. The zero-order valence-electron chi connectivity index (χ0n) is 15.0. The first-order valence-electron chi connectivity index (χ1n) is 8.53. The molecule has 28 heavy (non-hydrogen) atoms. The normalized spacial score (nSPS) is 16.9. The Morgan fingerprint density at radius 3 is 2.89 bits per heavy atom. The summed E-state index contributed by atoms with van der Waals surface area (Å²) >= 11 is 0. The van der Waals surface area contributed by atoms with Crippen molar-refractivity contribution in [2.45, 2.75) is 32.2 Å². The minimum atomic E-state index is -4.47. The van der Waals surface area contributed by atoms with Crippen molar-refractivity contribution in [2.75, 3.05) is 13.1 Å². The van der Waals surface area contributed by atoms with E-state index in [1.807, 2.05) is 0 Å². The van der Waals surface area contributed by atoms with E-state index in [0.29, 0.717) is 19.5 Å². The standard InChI is InChI=1S/C18H18F3N3O4/c1-11(25)22-13-5-6-24(8-13)17(26)15-9-28-16(23-15)10-27-14-4-2-3-12(7-14)18(19,20)21/h2-4,7,9,13H,5-6,8,10H2,1H3,(H,22,25)/t13-/m1/s1. The Balaban J connectivity index is 1.57. The molecule has 2 heterocycles. The molecule has 2 aromatic rings. The van der Waals surface area contributed by atoms with Crippen LogP contribution in [0.1, 0.15) is 35.3 Å². The van der Waals surface area contributed by atoms with Crippen molar-refractivity contribution in [2.24, 2.45) is 0 Å². The topological polar surface area (TPSA) is 84.7 Å².